The van der Waals surface area contributed by atoms with Crippen molar-refractivity contribution in [3.05, 3.63) is 96.6 Å². The van der Waals surface area contributed by atoms with Gasteiger partial charge >= 0.3 is 0 Å². The molecule has 0 spiro atoms. The van der Waals surface area contributed by atoms with Gasteiger partial charge in [0.2, 0.25) is 5.91 Å². The minimum Gasteiger partial charge on any atom is -0.497 e. The molecule has 4 aromatic carbocycles. The minimum absolute atomic E-state index is 0.0813. The molecule has 1 atom stereocenters. The van der Waals surface area contributed by atoms with Crippen LogP contribution in [0.3, 0.4) is 0 Å². The summed E-state index contributed by atoms with van der Waals surface area (Å²) in [6, 6.07) is 28.3. The standard InChI is InChI=1S/C27H24N2O3S/c1-18(26(30)29-25-15-6-9-19-8-3-4-14-24(19)25)33-23-13-7-11-21(17-23)28-27(31)20-10-5-12-22(16-20)32-2/h3-18H,1-2H3,(H,28,31)(H,29,30). The van der Waals surface area contributed by atoms with Crippen molar-refractivity contribution < 1.29 is 14.3 Å². The van der Waals surface area contributed by atoms with Crippen molar-refractivity contribution in [2.24, 2.45) is 0 Å². The number of fused-ring (bicyclic) bond motifs is 1. The maximum Gasteiger partial charge on any atom is 0.255 e. The number of thioether (sulfide) groups is 1. The number of carbonyl (C=O) groups is 2. The van der Waals surface area contributed by atoms with E-state index < -0.39 is 0 Å². The molecule has 0 aliphatic rings. The molecular weight excluding hydrogens is 432 g/mol. The van der Waals surface area contributed by atoms with Gasteiger partial charge in [-0.3, -0.25) is 9.59 Å². The largest absolute Gasteiger partial charge is 0.497 e. The van der Waals surface area contributed by atoms with Gasteiger partial charge in [-0.2, -0.15) is 0 Å². The molecule has 0 aromatic heterocycles. The molecule has 4 rings (SSSR count). The number of amides is 2. The highest BCUT2D eigenvalue weighted by molar-refractivity contribution is 8.00. The smallest absolute Gasteiger partial charge is 0.255 e. The average Bonchev–Trinajstić information content (AvgIpc) is 2.84. The summed E-state index contributed by atoms with van der Waals surface area (Å²) in [5.74, 6) is 0.318. The summed E-state index contributed by atoms with van der Waals surface area (Å²) in [6.45, 7) is 1.87. The lowest BCUT2D eigenvalue weighted by molar-refractivity contribution is -0.115. The van der Waals surface area contributed by atoms with E-state index in [0.717, 1.165) is 21.4 Å². The third-order valence-electron chi connectivity index (χ3n) is 5.15. The van der Waals surface area contributed by atoms with Crippen LogP contribution in [0.2, 0.25) is 0 Å². The van der Waals surface area contributed by atoms with Gasteiger partial charge in [-0.05, 0) is 54.8 Å². The Morgan fingerprint density at radius 1 is 0.848 bits per heavy atom. The zero-order valence-electron chi connectivity index (χ0n) is 18.4. The fraction of sp³-hybridized carbons (Fsp3) is 0.111. The van der Waals surface area contributed by atoms with Crippen LogP contribution in [0.15, 0.2) is 95.9 Å². The van der Waals surface area contributed by atoms with Gasteiger partial charge in [0.15, 0.2) is 0 Å². The van der Waals surface area contributed by atoms with Crippen molar-refractivity contribution in [3.63, 3.8) is 0 Å². The number of hydrogen-bond donors (Lipinski definition) is 2. The second-order valence-corrected chi connectivity index (χ2v) is 8.90. The number of methoxy groups -OCH3 is 1. The second kappa shape index (κ2) is 10.2. The van der Waals surface area contributed by atoms with Crippen molar-refractivity contribution >= 4 is 45.7 Å². The molecule has 5 nitrogen and oxygen atoms in total. The maximum atomic E-state index is 12.9. The highest BCUT2D eigenvalue weighted by atomic mass is 32.2. The Kier molecular flexibility index (Phi) is 6.95. The summed E-state index contributed by atoms with van der Waals surface area (Å²) >= 11 is 1.44. The quantitative estimate of drug-likeness (QED) is 0.324. The number of rotatable bonds is 7. The Hall–Kier alpha value is -3.77. The van der Waals surface area contributed by atoms with E-state index in [2.05, 4.69) is 10.6 Å². The molecule has 0 fully saturated rings. The van der Waals surface area contributed by atoms with Crippen molar-refractivity contribution in [1.82, 2.24) is 0 Å². The number of hydrogen-bond acceptors (Lipinski definition) is 4. The molecule has 0 saturated carbocycles. The summed E-state index contributed by atoms with van der Waals surface area (Å²) in [5.41, 5.74) is 1.97. The SMILES string of the molecule is COc1cccc(C(=O)Nc2cccc(SC(C)C(=O)Nc3cccc4ccccc34)c2)c1. The average molecular weight is 457 g/mol. The van der Waals surface area contributed by atoms with Gasteiger partial charge < -0.3 is 15.4 Å². The zero-order chi connectivity index (χ0) is 23.2. The van der Waals surface area contributed by atoms with Gasteiger partial charge in [-0.25, -0.2) is 0 Å². The Labute approximate surface area is 197 Å². The van der Waals surface area contributed by atoms with Crippen LogP contribution in [0, 0.1) is 0 Å². The number of carbonyl (C=O) groups excluding carboxylic acids is 2. The Bertz CT molecular complexity index is 1300. The van der Waals surface area contributed by atoms with E-state index in [1.807, 2.05) is 73.7 Å². The van der Waals surface area contributed by atoms with Gasteiger partial charge in [0, 0.05) is 27.2 Å². The van der Waals surface area contributed by atoms with Gasteiger partial charge in [0.25, 0.3) is 5.91 Å². The first kappa shape index (κ1) is 22.4. The van der Waals surface area contributed by atoms with Crippen LogP contribution in [-0.2, 0) is 4.79 Å². The number of anilines is 2. The Balaban J connectivity index is 1.42. The summed E-state index contributed by atoms with van der Waals surface area (Å²) in [6.07, 6.45) is 0. The lowest BCUT2D eigenvalue weighted by Crippen LogP contribution is -2.22. The van der Waals surface area contributed by atoms with E-state index in [1.54, 1.807) is 31.4 Å². The van der Waals surface area contributed by atoms with Crippen LogP contribution in [0.4, 0.5) is 11.4 Å². The van der Waals surface area contributed by atoms with Crippen molar-refractivity contribution in [3.8, 4) is 5.75 Å². The molecule has 4 aromatic rings. The summed E-state index contributed by atoms with van der Waals surface area (Å²) in [5, 5.41) is 7.71. The van der Waals surface area contributed by atoms with Crippen molar-refractivity contribution in [2.75, 3.05) is 17.7 Å². The van der Waals surface area contributed by atoms with Gasteiger partial charge in [0.1, 0.15) is 5.75 Å². The van der Waals surface area contributed by atoms with Crippen LogP contribution < -0.4 is 15.4 Å². The molecule has 0 saturated heterocycles. The first-order chi connectivity index (χ1) is 16.0. The number of nitrogens with one attached hydrogen (secondary N) is 2. The molecule has 0 heterocycles. The Morgan fingerprint density at radius 3 is 2.45 bits per heavy atom. The molecule has 2 N–H and O–H groups in total. The van der Waals surface area contributed by atoms with E-state index in [0.29, 0.717) is 17.0 Å². The van der Waals surface area contributed by atoms with Crippen LogP contribution in [0.1, 0.15) is 17.3 Å². The molecule has 0 aliphatic carbocycles. The highest BCUT2D eigenvalue weighted by Crippen LogP contribution is 2.28. The van der Waals surface area contributed by atoms with Crippen LogP contribution in [-0.4, -0.2) is 24.2 Å². The van der Waals surface area contributed by atoms with Crippen molar-refractivity contribution in [1.29, 1.82) is 0 Å². The number of benzene rings is 4. The number of ether oxygens (including phenoxy) is 1. The molecule has 6 heteroatoms. The molecular formula is C27H24N2O3S. The second-order valence-electron chi connectivity index (χ2n) is 7.49. The van der Waals surface area contributed by atoms with Crippen molar-refractivity contribution in [2.45, 2.75) is 17.1 Å². The van der Waals surface area contributed by atoms with E-state index in [1.165, 1.54) is 11.8 Å². The molecule has 1 unspecified atom stereocenters. The topological polar surface area (TPSA) is 67.4 Å². The fourth-order valence-corrected chi connectivity index (χ4v) is 4.37. The van der Waals surface area contributed by atoms with Crippen LogP contribution >= 0.6 is 11.8 Å². The maximum absolute atomic E-state index is 12.9. The lowest BCUT2D eigenvalue weighted by Gasteiger charge is -2.14. The van der Waals surface area contributed by atoms with Crippen LogP contribution in [0.5, 0.6) is 5.75 Å². The highest BCUT2D eigenvalue weighted by Gasteiger charge is 2.16. The first-order valence-electron chi connectivity index (χ1n) is 10.5. The Morgan fingerprint density at radius 2 is 1.61 bits per heavy atom. The summed E-state index contributed by atoms with van der Waals surface area (Å²) < 4.78 is 5.19. The molecule has 166 valence electrons. The normalized spacial score (nSPS) is 11.6. The van der Waals surface area contributed by atoms with E-state index in [-0.39, 0.29) is 17.1 Å². The van der Waals surface area contributed by atoms with Gasteiger partial charge in [-0.15, -0.1) is 11.8 Å². The van der Waals surface area contributed by atoms with E-state index in [9.17, 15) is 9.59 Å². The monoisotopic (exact) mass is 456 g/mol. The van der Waals surface area contributed by atoms with E-state index in [4.69, 9.17) is 4.74 Å². The third kappa shape index (κ3) is 5.54. The van der Waals surface area contributed by atoms with Gasteiger partial charge in [-0.1, -0.05) is 48.5 Å². The predicted molar refractivity (Wildman–Crippen MR) is 135 cm³/mol. The predicted octanol–water partition coefficient (Wildman–Crippen LogP) is 6.22. The molecule has 0 bridgehead atoms. The molecule has 33 heavy (non-hydrogen) atoms. The fourth-order valence-electron chi connectivity index (χ4n) is 3.44. The molecule has 0 aliphatic heterocycles. The summed E-state index contributed by atoms with van der Waals surface area (Å²) in [4.78, 5) is 26.3. The first-order valence-corrected chi connectivity index (χ1v) is 11.4. The molecule has 2 amide bonds. The van der Waals surface area contributed by atoms with Crippen LogP contribution in [0.25, 0.3) is 10.8 Å². The lowest BCUT2D eigenvalue weighted by atomic mass is 10.1. The minimum atomic E-state index is -0.326. The van der Waals surface area contributed by atoms with E-state index >= 15 is 0 Å². The third-order valence-corrected chi connectivity index (χ3v) is 6.25. The van der Waals surface area contributed by atoms with Gasteiger partial charge in [0.05, 0.1) is 12.4 Å². The summed E-state index contributed by atoms with van der Waals surface area (Å²) in [7, 11) is 1.56. The zero-order valence-corrected chi connectivity index (χ0v) is 19.2. The molecule has 0 radical (unpaired) electrons.